The van der Waals surface area contributed by atoms with E-state index in [2.05, 4.69) is 5.32 Å². The van der Waals surface area contributed by atoms with Crippen molar-refractivity contribution in [3.05, 3.63) is 24.3 Å². The molecule has 1 rings (SSSR count). The Morgan fingerprint density at radius 2 is 2.06 bits per heavy atom. The van der Waals surface area contributed by atoms with Crippen LogP contribution in [0, 0.1) is 0 Å². The highest BCUT2D eigenvalue weighted by atomic mass is 32.2. The molecule has 7 heteroatoms. The predicted molar refractivity (Wildman–Crippen MR) is 67.7 cm³/mol. The topological polar surface area (TPSA) is 98.5 Å². The summed E-state index contributed by atoms with van der Waals surface area (Å²) in [6, 6.07) is 5.88. The van der Waals surface area contributed by atoms with Gasteiger partial charge >= 0.3 is 6.09 Å². The van der Waals surface area contributed by atoms with Crippen molar-refractivity contribution < 1.29 is 17.9 Å². The zero-order valence-corrected chi connectivity index (χ0v) is 10.9. The number of carbonyl (C=O) groups is 1. The number of ether oxygens (including phenoxy) is 1. The van der Waals surface area contributed by atoms with Crippen molar-refractivity contribution in [1.29, 1.82) is 0 Å². The number of amides is 1. The number of hydrogen-bond acceptors (Lipinski definition) is 4. The van der Waals surface area contributed by atoms with Crippen LogP contribution in [0.3, 0.4) is 0 Å². The van der Waals surface area contributed by atoms with Crippen molar-refractivity contribution in [3.63, 3.8) is 0 Å². The minimum absolute atomic E-state index is 0.112. The Morgan fingerprint density at radius 3 is 2.67 bits per heavy atom. The number of benzene rings is 1. The average Bonchev–Trinajstić information content (AvgIpc) is 2.28. The lowest BCUT2D eigenvalue weighted by Crippen LogP contribution is -2.19. The molecule has 6 nitrogen and oxygen atoms in total. The van der Waals surface area contributed by atoms with E-state index in [-0.39, 0.29) is 10.6 Å². The monoisotopic (exact) mass is 272 g/mol. The molecule has 0 aliphatic rings. The lowest BCUT2D eigenvalue weighted by atomic mass is 10.3. The van der Waals surface area contributed by atoms with Crippen molar-refractivity contribution in [2.75, 3.05) is 11.9 Å². The Balaban J connectivity index is 2.76. The summed E-state index contributed by atoms with van der Waals surface area (Å²) in [6.07, 6.45) is 0.963. The van der Waals surface area contributed by atoms with Crippen LogP contribution in [0.15, 0.2) is 29.2 Å². The molecule has 0 saturated heterocycles. The Labute approximate surface area is 106 Å². The first-order valence-electron chi connectivity index (χ1n) is 5.50. The van der Waals surface area contributed by atoms with Gasteiger partial charge in [-0.15, -0.1) is 0 Å². The van der Waals surface area contributed by atoms with Crippen molar-refractivity contribution in [1.82, 2.24) is 0 Å². The maximum Gasteiger partial charge on any atom is 0.411 e. The van der Waals surface area contributed by atoms with E-state index in [0.29, 0.717) is 6.61 Å². The molecule has 0 fully saturated rings. The molecule has 1 amide bonds. The van der Waals surface area contributed by atoms with E-state index in [1.54, 1.807) is 6.07 Å². The van der Waals surface area contributed by atoms with E-state index >= 15 is 0 Å². The highest BCUT2D eigenvalue weighted by molar-refractivity contribution is 7.89. The predicted octanol–water partition coefficient (Wildman–Crippen LogP) is 1.68. The fourth-order valence-electron chi connectivity index (χ4n) is 1.27. The molecule has 0 saturated carbocycles. The van der Waals surface area contributed by atoms with Crippen molar-refractivity contribution in [3.8, 4) is 0 Å². The largest absolute Gasteiger partial charge is 0.449 e. The molecule has 0 radical (unpaired) electrons. The molecule has 0 spiro atoms. The van der Waals surface area contributed by atoms with Gasteiger partial charge in [-0.25, -0.2) is 18.4 Å². The van der Waals surface area contributed by atoms with Crippen LogP contribution < -0.4 is 10.5 Å². The number of hydrogen-bond donors (Lipinski definition) is 2. The number of nitrogens with two attached hydrogens (primary N) is 1. The van der Waals surface area contributed by atoms with Crippen LogP contribution in [0.4, 0.5) is 10.5 Å². The average molecular weight is 272 g/mol. The van der Waals surface area contributed by atoms with E-state index in [1.807, 2.05) is 6.92 Å². The maximum atomic E-state index is 11.4. The second-order valence-corrected chi connectivity index (χ2v) is 5.19. The molecule has 0 aliphatic carbocycles. The molecular weight excluding hydrogens is 256 g/mol. The third kappa shape index (κ3) is 4.34. The standard InChI is InChI=1S/C11H16N2O4S/c1-2-3-8-17-11(14)13-9-6-4-5-7-10(9)18(12,15)16/h4-7H,2-3,8H2,1H3,(H,13,14)(H2,12,15,16). The number of unbranched alkanes of at least 4 members (excludes halogenated alkanes) is 1. The van der Waals surface area contributed by atoms with E-state index in [0.717, 1.165) is 12.8 Å². The summed E-state index contributed by atoms with van der Waals surface area (Å²) < 4.78 is 27.4. The number of primary sulfonamides is 1. The van der Waals surface area contributed by atoms with Crippen LogP contribution in [0.2, 0.25) is 0 Å². The van der Waals surface area contributed by atoms with Gasteiger partial charge in [0.05, 0.1) is 12.3 Å². The second kappa shape index (κ2) is 6.36. The van der Waals surface area contributed by atoms with E-state index in [9.17, 15) is 13.2 Å². The zero-order chi connectivity index (χ0) is 13.6. The van der Waals surface area contributed by atoms with Gasteiger partial charge in [-0.3, -0.25) is 5.32 Å². The van der Waals surface area contributed by atoms with Crippen molar-refractivity contribution in [2.45, 2.75) is 24.7 Å². The van der Waals surface area contributed by atoms with Gasteiger partial charge in [0.15, 0.2) is 0 Å². The molecule has 0 heterocycles. The molecular formula is C11H16N2O4S. The van der Waals surface area contributed by atoms with Crippen molar-refractivity contribution >= 4 is 21.8 Å². The number of anilines is 1. The summed E-state index contributed by atoms with van der Waals surface area (Å²) in [4.78, 5) is 11.3. The highest BCUT2D eigenvalue weighted by Crippen LogP contribution is 2.19. The Kier molecular flexibility index (Phi) is 5.11. The van der Waals surface area contributed by atoms with Crippen LogP contribution >= 0.6 is 0 Å². The second-order valence-electron chi connectivity index (χ2n) is 3.66. The van der Waals surface area contributed by atoms with E-state index in [1.165, 1.54) is 18.2 Å². The molecule has 1 aromatic rings. The maximum absolute atomic E-state index is 11.4. The van der Waals surface area contributed by atoms with Crippen LogP contribution in [-0.2, 0) is 14.8 Å². The molecule has 0 atom stereocenters. The third-order valence-electron chi connectivity index (χ3n) is 2.16. The van der Waals surface area contributed by atoms with Gasteiger partial charge in [-0.1, -0.05) is 25.5 Å². The summed E-state index contributed by atoms with van der Waals surface area (Å²) >= 11 is 0. The zero-order valence-electron chi connectivity index (χ0n) is 10.0. The minimum Gasteiger partial charge on any atom is -0.449 e. The highest BCUT2D eigenvalue weighted by Gasteiger charge is 2.15. The summed E-state index contributed by atoms with van der Waals surface area (Å²) in [5.41, 5.74) is 0.112. The number of para-hydroxylation sites is 1. The van der Waals surface area contributed by atoms with Crippen LogP contribution in [0.5, 0.6) is 0 Å². The van der Waals surface area contributed by atoms with E-state index in [4.69, 9.17) is 9.88 Å². The van der Waals surface area contributed by atoms with Crippen LogP contribution in [-0.4, -0.2) is 21.1 Å². The van der Waals surface area contributed by atoms with Gasteiger partial charge in [-0.05, 0) is 18.6 Å². The van der Waals surface area contributed by atoms with Gasteiger partial charge in [0.25, 0.3) is 0 Å². The van der Waals surface area contributed by atoms with Gasteiger partial charge in [-0.2, -0.15) is 0 Å². The molecule has 0 aliphatic heterocycles. The number of carbonyl (C=O) groups excluding carboxylic acids is 1. The molecule has 0 aromatic heterocycles. The molecule has 0 bridgehead atoms. The van der Waals surface area contributed by atoms with Gasteiger partial charge in [0.1, 0.15) is 4.90 Å². The molecule has 0 unspecified atom stereocenters. The number of rotatable bonds is 5. The SMILES string of the molecule is CCCCOC(=O)Nc1ccccc1S(N)(=O)=O. The normalized spacial score (nSPS) is 11.0. The fraction of sp³-hybridized carbons (Fsp3) is 0.364. The number of nitrogens with one attached hydrogen (secondary N) is 1. The first-order valence-corrected chi connectivity index (χ1v) is 7.05. The van der Waals surface area contributed by atoms with Gasteiger partial charge in [0, 0.05) is 0 Å². The summed E-state index contributed by atoms with van der Waals surface area (Å²) in [5, 5.41) is 7.39. The summed E-state index contributed by atoms with van der Waals surface area (Å²) in [7, 11) is -3.87. The smallest absolute Gasteiger partial charge is 0.411 e. The quantitative estimate of drug-likeness (QED) is 0.797. The minimum atomic E-state index is -3.87. The lowest BCUT2D eigenvalue weighted by molar-refractivity contribution is 0.160. The lowest BCUT2D eigenvalue weighted by Gasteiger charge is -2.09. The number of sulfonamides is 1. The molecule has 18 heavy (non-hydrogen) atoms. The fourth-order valence-corrected chi connectivity index (χ4v) is 1.97. The Morgan fingerprint density at radius 1 is 1.39 bits per heavy atom. The van der Waals surface area contributed by atoms with Gasteiger partial charge < -0.3 is 4.74 Å². The molecule has 3 N–H and O–H groups in total. The van der Waals surface area contributed by atoms with Crippen molar-refractivity contribution in [2.24, 2.45) is 5.14 Å². The Hall–Kier alpha value is -1.60. The summed E-state index contributed by atoms with van der Waals surface area (Å²) in [6.45, 7) is 2.26. The Bertz CT molecular complexity index is 514. The first-order chi connectivity index (χ1) is 8.45. The van der Waals surface area contributed by atoms with Crippen LogP contribution in [0.25, 0.3) is 0 Å². The van der Waals surface area contributed by atoms with E-state index < -0.39 is 16.1 Å². The molecule has 100 valence electrons. The molecule has 1 aromatic carbocycles. The first kappa shape index (κ1) is 14.5. The summed E-state index contributed by atoms with van der Waals surface area (Å²) in [5.74, 6) is 0. The van der Waals surface area contributed by atoms with Gasteiger partial charge in [0.2, 0.25) is 10.0 Å². The van der Waals surface area contributed by atoms with Crippen LogP contribution in [0.1, 0.15) is 19.8 Å². The third-order valence-corrected chi connectivity index (χ3v) is 3.13.